The quantitative estimate of drug-likeness (QED) is 0.640. The molecule has 2 N–H and O–H groups in total. The molecule has 2 rings (SSSR count). The number of ether oxygens (including phenoxy) is 1. The Morgan fingerprint density at radius 2 is 2.22 bits per heavy atom. The van der Waals surface area contributed by atoms with E-state index < -0.39 is 5.97 Å². The Kier molecular flexibility index (Phi) is 3.53. The van der Waals surface area contributed by atoms with E-state index in [2.05, 4.69) is 15.6 Å². The summed E-state index contributed by atoms with van der Waals surface area (Å²) in [4.78, 5) is 22.5. The Balaban J connectivity index is 1.97. The van der Waals surface area contributed by atoms with Crippen LogP contribution >= 0.6 is 11.6 Å². The van der Waals surface area contributed by atoms with Gasteiger partial charge in [0.25, 0.3) is 5.91 Å². The first-order valence-electron chi connectivity index (χ1n) is 5.26. The minimum Gasteiger partial charge on any atom is -0.456 e. The molecule has 0 radical (unpaired) electrons. The maximum Gasteiger partial charge on any atom is 0.333 e. The summed E-state index contributed by atoms with van der Waals surface area (Å²) in [6.07, 6.45) is 1.28. The number of hydrogen-bond donors (Lipinski definition) is 2. The second-order valence-electron chi connectivity index (χ2n) is 3.82. The van der Waals surface area contributed by atoms with Crippen molar-refractivity contribution < 1.29 is 14.3 Å². The topological polar surface area (TPSA) is 67.4 Å². The number of amides is 1. The van der Waals surface area contributed by atoms with Crippen molar-refractivity contribution in [3.63, 3.8) is 0 Å². The summed E-state index contributed by atoms with van der Waals surface area (Å²) < 4.78 is 4.67. The number of halogens is 1. The van der Waals surface area contributed by atoms with Crippen LogP contribution in [-0.4, -0.2) is 18.5 Å². The molecule has 0 aliphatic carbocycles. The van der Waals surface area contributed by atoms with Gasteiger partial charge in [-0.1, -0.05) is 17.7 Å². The zero-order valence-corrected chi connectivity index (χ0v) is 10.4. The van der Waals surface area contributed by atoms with Crippen molar-refractivity contribution in [2.45, 2.75) is 6.92 Å². The van der Waals surface area contributed by atoms with Gasteiger partial charge in [-0.05, 0) is 24.6 Å². The second kappa shape index (κ2) is 5.10. The van der Waals surface area contributed by atoms with Crippen LogP contribution in [0.2, 0.25) is 5.02 Å². The Morgan fingerprint density at radius 1 is 1.44 bits per heavy atom. The molecule has 1 amide bonds. The molecule has 1 aromatic carbocycles. The molecule has 6 heteroatoms. The van der Waals surface area contributed by atoms with Gasteiger partial charge in [0.2, 0.25) is 0 Å². The minimum absolute atomic E-state index is 0.133. The van der Waals surface area contributed by atoms with Crippen molar-refractivity contribution in [3.8, 4) is 0 Å². The van der Waals surface area contributed by atoms with Gasteiger partial charge in [-0.2, -0.15) is 0 Å². The van der Waals surface area contributed by atoms with Gasteiger partial charge in [0.15, 0.2) is 0 Å². The normalized spacial score (nSPS) is 13.9. The maximum absolute atomic E-state index is 11.8. The largest absolute Gasteiger partial charge is 0.456 e. The van der Waals surface area contributed by atoms with E-state index in [1.54, 1.807) is 18.2 Å². The number of carbonyl (C=O) groups is 2. The van der Waals surface area contributed by atoms with Crippen LogP contribution in [0.15, 0.2) is 30.0 Å². The number of aryl methyl sites for hydroxylation is 1. The van der Waals surface area contributed by atoms with E-state index in [0.717, 1.165) is 5.56 Å². The molecule has 1 aliphatic rings. The van der Waals surface area contributed by atoms with E-state index in [0.29, 0.717) is 16.3 Å². The van der Waals surface area contributed by atoms with E-state index in [1.807, 2.05) is 6.92 Å². The van der Waals surface area contributed by atoms with Crippen LogP contribution in [-0.2, 0) is 9.53 Å². The molecular weight excluding hydrogens is 256 g/mol. The van der Waals surface area contributed by atoms with Crippen molar-refractivity contribution in [1.29, 1.82) is 0 Å². The van der Waals surface area contributed by atoms with E-state index in [1.165, 1.54) is 6.08 Å². The fourth-order valence-electron chi connectivity index (χ4n) is 1.39. The summed E-state index contributed by atoms with van der Waals surface area (Å²) in [7, 11) is 0. The lowest BCUT2D eigenvalue weighted by molar-refractivity contribution is -0.134. The molecule has 1 aromatic rings. The maximum atomic E-state index is 11.8. The molecule has 5 nitrogen and oxygen atoms in total. The number of cyclic esters (lactones) is 1. The summed E-state index contributed by atoms with van der Waals surface area (Å²) in [5.74, 6) is -0.762. The van der Waals surface area contributed by atoms with Crippen molar-refractivity contribution >= 4 is 23.5 Å². The van der Waals surface area contributed by atoms with Gasteiger partial charge >= 0.3 is 5.97 Å². The first-order valence-corrected chi connectivity index (χ1v) is 5.64. The van der Waals surface area contributed by atoms with Crippen LogP contribution in [0.4, 0.5) is 0 Å². The van der Waals surface area contributed by atoms with Crippen LogP contribution < -0.4 is 10.9 Å². The van der Waals surface area contributed by atoms with E-state index >= 15 is 0 Å². The van der Waals surface area contributed by atoms with Gasteiger partial charge < -0.3 is 4.74 Å². The van der Waals surface area contributed by atoms with E-state index in [9.17, 15) is 9.59 Å². The molecule has 0 aromatic heterocycles. The fraction of sp³-hybridized carbons (Fsp3) is 0.167. The molecule has 0 fully saturated rings. The molecule has 0 spiro atoms. The van der Waals surface area contributed by atoms with Crippen LogP contribution in [0.3, 0.4) is 0 Å². The standard InChI is InChI=1S/C12H11ClN2O3/c1-7-2-3-8(4-10(7)13)12(17)15-14-9-5-11(16)18-6-9/h2-5,14H,6H2,1H3,(H,15,17). The summed E-state index contributed by atoms with van der Waals surface area (Å²) >= 11 is 5.93. The third-order valence-corrected chi connectivity index (χ3v) is 2.84. The van der Waals surface area contributed by atoms with E-state index in [-0.39, 0.29) is 12.5 Å². The van der Waals surface area contributed by atoms with Crippen molar-refractivity contribution in [3.05, 3.63) is 46.1 Å². The Hall–Kier alpha value is -2.01. The third-order valence-electron chi connectivity index (χ3n) is 2.43. The smallest absolute Gasteiger partial charge is 0.333 e. The molecule has 0 atom stereocenters. The number of hydrazine groups is 1. The molecule has 94 valence electrons. The first kappa shape index (κ1) is 12.4. The highest BCUT2D eigenvalue weighted by Crippen LogP contribution is 2.16. The van der Waals surface area contributed by atoms with Crippen LogP contribution in [0, 0.1) is 6.92 Å². The summed E-state index contributed by atoms with van der Waals surface area (Å²) in [6.45, 7) is 1.99. The van der Waals surface area contributed by atoms with Gasteiger partial charge in [0.1, 0.15) is 6.61 Å². The van der Waals surface area contributed by atoms with Crippen LogP contribution in [0.25, 0.3) is 0 Å². The van der Waals surface area contributed by atoms with Gasteiger partial charge in [-0.15, -0.1) is 0 Å². The first-order chi connectivity index (χ1) is 8.56. The zero-order valence-electron chi connectivity index (χ0n) is 9.62. The molecule has 0 bridgehead atoms. The van der Waals surface area contributed by atoms with E-state index in [4.69, 9.17) is 11.6 Å². The Bertz CT molecular complexity index is 540. The number of benzene rings is 1. The van der Waals surface area contributed by atoms with Crippen molar-refractivity contribution in [2.24, 2.45) is 0 Å². The predicted molar refractivity (Wildman–Crippen MR) is 65.8 cm³/mol. The summed E-state index contributed by atoms with van der Waals surface area (Å²) in [5.41, 5.74) is 6.92. The molecule has 18 heavy (non-hydrogen) atoms. The van der Waals surface area contributed by atoms with Crippen LogP contribution in [0.1, 0.15) is 15.9 Å². The molecule has 0 saturated carbocycles. The van der Waals surface area contributed by atoms with Crippen molar-refractivity contribution in [1.82, 2.24) is 10.9 Å². The molecule has 1 aliphatic heterocycles. The summed E-state index contributed by atoms with van der Waals surface area (Å²) in [5, 5.41) is 0.529. The number of carbonyl (C=O) groups excluding carboxylic acids is 2. The molecule has 1 heterocycles. The van der Waals surface area contributed by atoms with Gasteiger partial charge in [-0.25, -0.2) is 4.79 Å². The lowest BCUT2D eigenvalue weighted by atomic mass is 10.1. The number of hydrogen-bond acceptors (Lipinski definition) is 4. The van der Waals surface area contributed by atoms with Gasteiger partial charge in [0, 0.05) is 16.7 Å². The SMILES string of the molecule is Cc1ccc(C(=O)NNC2=CC(=O)OC2)cc1Cl. The fourth-order valence-corrected chi connectivity index (χ4v) is 1.57. The molecular formula is C12H11ClN2O3. The second-order valence-corrected chi connectivity index (χ2v) is 4.23. The average Bonchev–Trinajstić information content (AvgIpc) is 2.75. The lowest BCUT2D eigenvalue weighted by Crippen LogP contribution is -2.37. The minimum atomic E-state index is -0.426. The highest BCUT2D eigenvalue weighted by Gasteiger charge is 2.13. The Morgan fingerprint density at radius 3 is 2.83 bits per heavy atom. The highest BCUT2D eigenvalue weighted by molar-refractivity contribution is 6.31. The third kappa shape index (κ3) is 2.81. The van der Waals surface area contributed by atoms with Crippen LogP contribution in [0.5, 0.6) is 0 Å². The number of nitrogens with one attached hydrogen (secondary N) is 2. The molecule has 0 saturated heterocycles. The lowest BCUT2D eigenvalue weighted by Gasteiger charge is -2.08. The predicted octanol–water partition coefficient (Wildman–Crippen LogP) is 1.32. The highest BCUT2D eigenvalue weighted by atomic mass is 35.5. The molecule has 0 unspecified atom stereocenters. The monoisotopic (exact) mass is 266 g/mol. The van der Waals surface area contributed by atoms with Gasteiger partial charge in [-0.3, -0.25) is 15.6 Å². The van der Waals surface area contributed by atoms with Crippen molar-refractivity contribution in [2.75, 3.05) is 6.61 Å². The average molecular weight is 267 g/mol. The zero-order chi connectivity index (χ0) is 13.1. The Labute approximate surface area is 109 Å². The number of rotatable bonds is 3. The van der Waals surface area contributed by atoms with Gasteiger partial charge in [0.05, 0.1) is 5.70 Å². The summed E-state index contributed by atoms with van der Waals surface area (Å²) in [6, 6.07) is 5.01. The number of esters is 1.